The molecule has 2 heterocycles. The first kappa shape index (κ1) is 21.7. The molecule has 1 aromatic rings. The summed E-state index contributed by atoms with van der Waals surface area (Å²) in [5, 5.41) is 13.6. The summed E-state index contributed by atoms with van der Waals surface area (Å²) in [6, 6.07) is 7.60. The molecular formula is C22H38N6O. The van der Waals surface area contributed by atoms with Gasteiger partial charge in [0.2, 0.25) is 0 Å². The molecule has 7 heteroatoms. The van der Waals surface area contributed by atoms with Gasteiger partial charge in [-0.25, -0.2) is 0 Å². The summed E-state index contributed by atoms with van der Waals surface area (Å²) in [7, 11) is 2.20. The number of benzene rings is 1. The van der Waals surface area contributed by atoms with Gasteiger partial charge >= 0.3 is 0 Å². The lowest BCUT2D eigenvalue weighted by molar-refractivity contribution is 0.140. The highest BCUT2D eigenvalue weighted by molar-refractivity contribution is 5.80. The Labute approximate surface area is 176 Å². The lowest BCUT2D eigenvalue weighted by Gasteiger charge is -2.38. The van der Waals surface area contributed by atoms with Crippen molar-refractivity contribution in [3.63, 3.8) is 0 Å². The number of para-hydroxylation sites is 2. The number of nitrogens with one attached hydrogen (secondary N) is 1. The van der Waals surface area contributed by atoms with Crippen LogP contribution in [0.15, 0.2) is 29.3 Å². The second kappa shape index (κ2) is 10.7. The Hall–Kier alpha value is -1.99. The van der Waals surface area contributed by atoms with E-state index >= 15 is 0 Å². The van der Waals surface area contributed by atoms with Crippen LogP contribution in [0.4, 0.5) is 5.69 Å². The molecule has 0 saturated carbocycles. The van der Waals surface area contributed by atoms with Gasteiger partial charge in [-0.2, -0.15) is 0 Å². The molecule has 3 rings (SSSR count). The minimum absolute atomic E-state index is 0.360. The number of anilines is 1. The van der Waals surface area contributed by atoms with E-state index in [0.29, 0.717) is 11.7 Å². The second-order valence-corrected chi connectivity index (χ2v) is 8.37. The Balaban J connectivity index is 1.51. The number of phenolic OH excluding ortho intramolecular Hbond substituents is 1. The van der Waals surface area contributed by atoms with Gasteiger partial charge in [0.05, 0.1) is 5.69 Å². The quantitative estimate of drug-likeness (QED) is 0.554. The molecule has 162 valence electrons. The summed E-state index contributed by atoms with van der Waals surface area (Å²) in [6.07, 6.45) is 0. The van der Waals surface area contributed by atoms with Crippen molar-refractivity contribution in [3.05, 3.63) is 24.3 Å². The van der Waals surface area contributed by atoms with Crippen molar-refractivity contribution in [2.24, 2.45) is 10.9 Å². The van der Waals surface area contributed by atoms with E-state index in [-0.39, 0.29) is 0 Å². The van der Waals surface area contributed by atoms with E-state index in [1.807, 2.05) is 18.2 Å². The SMILES string of the molecule is CCNC(=NCC(C)CN1CCN(C)CC1)N1CCN(c2ccccc2O)CC1. The van der Waals surface area contributed by atoms with Gasteiger partial charge < -0.3 is 30.0 Å². The van der Waals surface area contributed by atoms with Crippen molar-refractivity contribution in [2.45, 2.75) is 13.8 Å². The smallest absolute Gasteiger partial charge is 0.194 e. The van der Waals surface area contributed by atoms with Crippen LogP contribution in [-0.2, 0) is 0 Å². The van der Waals surface area contributed by atoms with Gasteiger partial charge in [-0.3, -0.25) is 4.99 Å². The van der Waals surface area contributed by atoms with Crippen LogP contribution < -0.4 is 10.2 Å². The first-order valence-corrected chi connectivity index (χ1v) is 11.0. The minimum atomic E-state index is 0.360. The number of likely N-dealkylation sites (N-methyl/N-ethyl adjacent to an activating group) is 1. The Morgan fingerprint density at radius 1 is 1.07 bits per heavy atom. The number of nitrogens with zero attached hydrogens (tertiary/aromatic N) is 5. The molecule has 29 heavy (non-hydrogen) atoms. The third-order valence-corrected chi connectivity index (χ3v) is 5.86. The van der Waals surface area contributed by atoms with Gasteiger partial charge in [-0.1, -0.05) is 19.1 Å². The molecule has 2 saturated heterocycles. The van der Waals surface area contributed by atoms with E-state index < -0.39 is 0 Å². The Morgan fingerprint density at radius 2 is 1.76 bits per heavy atom. The zero-order chi connectivity index (χ0) is 20.6. The normalized spacial score (nSPS) is 20.7. The number of piperazine rings is 2. The highest BCUT2D eigenvalue weighted by Gasteiger charge is 2.22. The zero-order valence-corrected chi connectivity index (χ0v) is 18.3. The lowest BCUT2D eigenvalue weighted by atomic mass is 10.1. The maximum Gasteiger partial charge on any atom is 0.194 e. The molecule has 7 nitrogen and oxygen atoms in total. The lowest BCUT2D eigenvalue weighted by Crippen LogP contribution is -2.52. The van der Waals surface area contributed by atoms with E-state index in [4.69, 9.17) is 4.99 Å². The molecule has 1 unspecified atom stereocenters. The molecule has 1 atom stereocenters. The summed E-state index contributed by atoms with van der Waals surface area (Å²) in [5.74, 6) is 1.93. The average Bonchev–Trinajstić information content (AvgIpc) is 2.73. The molecule has 2 aliphatic rings. The second-order valence-electron chi connectivity index (χ2n) is 8.37. The third kappa shape index (κ3) is 6.24. The maximum atomic E-state index is 10.1. The first-order valence-electron chi connectivity index (χ1n) is 11.0. The fourth-order valence-electron chi connectivity index (χ4n) is 4.09. The standard InChI is InChI=1S/C22H38N6O/c1-4-23-22(24-17-19(2)18-26-11-9-25(3)10-12-26)28-15-13-27(14-16-28)20-7-5-6-8-21(20)29/h5-8,19,29H,4,9-18H2,1-3H3,(H,23,24). The van der Waals surface area contributed by atoms with E-state index in [0.717, 1.165) is 57.5 Å². The molecule has 0 radical (unpaired) electrons. The summed E-state index contributed by atoms with van der Waals surface area (Å²) in [6.45, 7) is 15.6. The molecule has 2 fully saturated rings. The van der Waals surface area contributed by atoms with E-state index in [9.17, 15) is 5.11 Å². The van der Waals surface area contributed by atoms with Crippen LogP contribution in [0.5, 0.6) is 5.75 Å². The van der Waals surface area contributed by atoms with Gasteiger partial charge in [0.15, 0.2) is 5.96 Å². The maximum absolute atomic E-state index is 10.1. The molecule has 0 bridgehead atoms. The van der Waals surface area contributed by atoms with E-state index in [2.05, 4.69) is 45.8 Å². The number of aliphatic imine (C=N–C) groups is 1. The van der Waals surface area contributed by atoms with Gasteiger partial charge in [-0.05, 0) is 32.0 Å². The fourth-order valence-corrected chi connectivity index (χ4v) is 4.09. The van der Waals surface area contributed by atoms with E-state index in [1.165, 1.54) is 26.2 Å². The zero-order valence-electron chi connectivity index (χ0n) is 18.3. The topological polar surface area (TPSA) is 57.6 Å². The fraction of sp³-hybridized carbons (Fsp3) is 0.682. The molecular weight excluding hydrogens is 364 g/mol. The largest absolute Gasteiger partial charge is 0.506 e. The van der Waals surface area contributed by atoms with Crippen molar-refractivity contribution < 1.29 is 5.11 Å². The molecule has 2 aliphatic heterocycles. The molecule has 0 aliphatic carbocycles. The van der Waals surface area contributed by atoms with Crippen LogP contribution in [0.2, 0.25) is 0 Å². The summed E-state index contributed by atoms with van der Waals surface area (Å²) in [4.78, 5) is 14.5. The van der Waals surface area contributed by atoms with Crippen LogP contribution >= 0.6 is 0 Å². The number of hydrogen-bond acceptors (Lipinski definition) is 5. The van der Waals surface area contributed by atoms with Gasteiger partial charge in [-0.15, -0.1) is 0 Å². The first-order chi connectivity index (χ1) is 14.1. The Morgan fingerprint density at radius 3 is 2.41 bits per heavy atom. The Bertz CT molecular complexity index is 650. The summed E-state index contributed by atoms with van der Waals surface area (Å²) >= 11 is 0. The van der Waals surface area contributed by atoms with Crippen molar-refractivity contribution in [2.75, 3.05) is 83.9 Å². The third-order valence-electron chi connectivity index (χ3n) is 5.86. The van der Waals surface area contributed by atoms with Gasteiger partial charge in [0, 0.05) is 72.0 Å². The molecule has 0 amide bonds. The van der Waals surface area contributed by atoms with Crippen molar-refractivity contribution >= 4 is 11.6 Å². The van der Waals surface area contributed by atoms with E-state index in [1.54, 1.807) is 6.07 Å². The van der Waals surface area contributed by atoms with Gasteiger partial charge in [0.1, 0.15) is 5.75 Å². The number of aromatic hydroxyl groups is 1. The molecule has 2 N–H and O–H groups in total. The predicted molar refractivity (Wildman–Crippen MR) is 121 cm³/mol. The van der Waals surface area contributed by atoms with Gasteiger partial charge in [0.25, 0.3) is 0 Å². The van der Waals surface area contributed by atoms with Crippen molar-refractivity contribution in [1.82, 2.24) is 20.0 Å². The van der Waals surface area contributed by atoms with Crippen molar-refractivity contribution in [3.8, 4) is 5.75 Å². The molecule has 1 aromatic carbocycles. The molecule has 0 spiro atoms. The predicted octanol–water partition coefficient (Wildman–Crippen LogP) is 1.36. The number of rotatable bonds is 6. The number of hydrogen-bond donors (Lipinski definition) is 2. The van der Waals surface area contributed by atoms with Crippen LogP contribution in [0.3, 0.4) is 0 Å². The van der Waals surface area contributed by atoms with Crippen LogP contribution in [0, 0.1) is 5.92 Å². The number of phenols is 1. The molecule has 0 aromatic heterocycles. The Kier molecular flexibility index (Phi) is 8.00. The highest BCUT2D eigenvalue weighted by atomic mass is 16.3. The average molecular weight is 403 g/mol. The minimum Gasteiger partial charge on any atom is -0.506 e. The van der Waals surface area contributed by atoms with Crippen LogP contribution in [0.1, 0.15) is 13.8 Å². The summed E-state index contributed by atoms with van der Waals surface area (Å²) in [5.41, 5.74) is 0.926. The van der Waals surface area contributed by atoms with Crippen LogP contribution in [0.25, 0.3) is 0 Å². The summed E-state index contributed by atoms with van der Waals surface area (Å²) < 4.78 is 0. The van der Waals surface area contributed by atoms with Crippen LogP contribution in [-0.4, -0.2) is 105 Å². The highest BCUT2D eigenvalue weighted by Crippen LogP contribution is 2.27. The van der Waals surface area contributed by atoms with Crippen molar-refractivity contribution in [1.29, 1.82) is 0 Å². The monoisotopic (exact) mass is 402 g/mol. The number of guanidine groups is 1.